The fourth-order valence-electron chi connectivity index (χ4n) is 6.88. The monoisotopic (exact) mass is 530 g/mol. The summed E-state index contributed by atoms with van der Waals surface area (Å²) in [5, 5.41) is 4.99. The third-order valence-corrected chi connectivity index (χ3v) is 9.03. The van der Waals surface area contributed by atoms with E-state index in [1.807, 2.05) is 13.3 Å². The van der Waals surface area contributed by atoms with Gasteiger partial charge in [-0.2, -0.15) is 0 Å². The average Bonchev–Trinajstić information content (AvgIpc) is 3.44. The molecule has 5 aromatic carbocycles. The van der Waals surface area contributed by atoms with Gasteiger partial charge in [-0.05, 0) is 99.6 Å². The molecule has 0 spiro atoms. The van der Waals surface area contributed by atoms with E-state index in [0.29, 0.717) is 0 Å². The van der Waals surface area contributed by atoms with Crippen LogP contribution in [0.15, 0.2) is 108 Å². The first-order valence-electron chi connectivity index (χ1n) is 14.4. The third-order valence-electron chi connectivity index (χ3n) is 9.03. The van der Waals surface area contributed by atoms with E-state index < -0.39 is 0 Å². The topological polar surface area (TPSA) is 17.3 Å². The molecule has 200 valence electrons. The number of fused-ring (bicyclic) bond motifs is 6. The van der Waals surface area contributed by atoms with Gasteiger partial charge in [-0.15, -0.1) is 0 Å². The van der Waals surface area contributed by atoms with Gasteiger partial charge in [0.1, 0.15) is 0 Å². The molecule has 0 unspecified atom stereocenters. The van der Waals surface area contributed by atoms with Crippen LogP contribution < -0.4 is 10.4 Å². The van der Waals surface area contributed by atoms with Crippen LogP contribution in [-0.4, -0.2) is 17.8 Å². The Labute approximate surface area is 241 Å². The van der Waals surface area contributed by atoms with Crippen molar-refractivity contribution in [2.45, 2.75) is 33.1 Å². The first-order valence-corrected chi connectivity index (χ1v) is 14.4. The normalized spacial score (nSPS) is 15.1. The quantitative estimate of drug-likeness (QED) is 0.206. The van der Waals surface area contributed by atoms with Crippen molar-refractivity contribution in [1.29, 1.82) is 0 Å². The lowest BCUT2D eigenvalue weighted by atomic mass is 9.82. The summed E-state index contributed by atoms with van der Waals surface area (Å²) in [5.41, 5.74) is 12.9. The smallest absolute Gasteiger partial charge is 0.0544 e. The van der Waals surface area contributed by atoms with Crippen LogP contribution in [0.5, 0.6) is 0 Å². The summed E-state index contributed by atoms with van der Waals surface area (Å²) in [6.45, 7) is 9.16. The molecule has 0 bridgehead atoms. The van der Waals surface area contributed by atoms with Crippen LogP contribution in [-0.2, 0) is 5.41 Å². The Hall–Kier alpha value is -4.69. The number of hydrogen-bond donors (Lipinski definition) is 0. The van der Waals surface area contributed by atoms with Gasteiger partial charge in [0.15, 0.2) is 0 Å². The van der Waals surface area contributed by atoms with E-state index in [4.69, 9.17) is 0 Å². The van der Waals surface area contributed by atoms with E-state index in [-0.39, 0.29) is 5.41 Å². The lowest BCUT2D eigenvalue weighted by molar-refractivity contribution is 0.661. The summed E-state index contributed by atoms with van der Waals surface area (Å²) in [6.07, 6.45) is 3.96. The van der Waals surface area contributed by atoms with Gasteiger partial charge in [0, 0.05) is 35.1 Å². The average molecular weight is 531 g/mol. The molecule has 0 radical (unpaired) electrons. The van der Waals surface area contributed by atoms with Crippen molar-refractivity contribution in [1.82, 2.24) is 4.57 Å². The predicted octanol–water partition coefficient (Wildman–Crippen LogP) is 8.10. The molecular formula is C39H34N2. The number of hydrogen-bond acceptors (Lipinski definition) is 1. The summed E-state index contributed by atoms with van der Waals surface area (Å²) in [4.78, 5) is 4.18. The van der Waals surface area contributed by atoms with Crippen LogP contribution in [0.2, 0.25) is 0 Å². The maximum atomic E-state index is 4.18. The molecule has 7 rings (SSSR count). The molecule has 1 aromatic heterocycles. The SMILES string of the molecule is C/N=C/C=c1/cccc/c1=C(/C)c1cc(-n2c3ccccc3c3cc4c(cc32)C(C)(C)c2ccccc2-4)ccc1C. The first-order chi connectivity index (χ1) is 19.9. The van der Waals surface area contributed by atoms with E-state index in [1.165, 1.54) is 76.9 Å². The number of benzene rings is 5. The van der Waals surface area contributed by atoms with Crippen molar-refractivity contribution in [3.05, 3.63) is 136 Å². The molecule has 0 saturated heterocycles. The fraction of sp³-hybridized carbons (Fsp3) is 0.154. The maximum Gasteiger partial charge on any atom is 0.0544 e. The highest BCUT2D eigenvalue weighted by atomic mass is 15.0. The van der Waals surface area contributed by atoms with Crippen LogP contribution in [0.4, 0.5) is 0 Å². The minimum atomic E-state index is -0.0494. The highest BCUT2D eigenvalue weighted by Gasteiger charge is 2.36. The number of para-hydroxylation sites is 1. The molecule has 0 saturated carbocycles. The molecule has 2 nitrogen and oxygen atoms in total. The maximum absolute atomic E-state index is 4.18. The van der Waals surface area contributed by atoms with Crippen molar-refractivity contribution < 1.29 is 0 Å². The van der Waals surface area contributed by atoms with Crippen molar-refractivity contribution in [2.24, 2.45) is 4.99 Å². The lowest BCUT2D eigenvalue weighted by Gasteiger charge is -2.21. The van der Waals surface area contributed by atoms with Crippen LogP contribution in [0.25, 0.3) is 50.3 Å². The van der Waals surface area contributed by atoms with Gasteiger partial charge < -0.3 is 4.57 Å². The molecular weight excluding hydrogens is 496 g/mol. The second-order valence-electron chi connectivity index (χ2n) is 11.7. The van der Waals surface area contributed by atoms with Gasteiger partial charge in [-0.25, -0.2) is 0 Å². The number of rotatable bonds is 3. The minimum absolute atomic E-state index is 0.0494. The summed E-state index contributed by atoms with van der Waals surface area (Å²) in [6, 6.07) is 38.1. The highest BCUT2D eigenvalue weighted by molar-refractivity contribution is 6.11. The summed E-state index contributed by atoms with van der Waals surface area (Å²) < 4.78 is 2.46. The Bertz CT molecular complexity index is 2150. The summed E-state index contributed by atoms with van der Waals surface area (Å²) >= 11 is 0. The Morgan fingerprint density at radius 3 is 2.34 bits per heavy atom. The van der Waals surface area contributed by atoms with E-state index in [2.05, 4.69) is 146 Å². The standard InChI is InChI=1S/C39H34N2/c1-25-18-19-28(22-32(25)26(2)29-13-7-6-12-27(29)20-21-40-5)41-37-17-11-9-15-31(37)34-23-33-30-14-8-10-16-35(30)39(3,4)36(33)24-38(34)41/h6-24H,1-5H3/b27-20-,29-26+,40-21+. The van der Waals surface area contributed by atoms with Crippen molar-refractivity contribution in [3.63, 3.8) is 0 Å². The van der Waals surface area contributed by atoms with Crippen molar-refractivity contribution in [2.75, 3.05) is 7.05 Å². The van der Waals surface area contributed by atoms with Crippen LogP contribution >= 0.6 is 0 Å². The molecule has 6 aromatic rings. The zero-order valence-corrected chi connectivity index (χ0v) is 24.4. The Balaban J connectivity index is 1.52. The predicted molar refractivity (Wildman–Crippen MR) is 176 cm³/mol. The highest BCUT2D eigenvalue weighted by Crippen LogP contribution is 2.50. The van der Waals surface area contributed by atoms with Crippen LogP contribution in [0.3, 0.4) is 0 Å². The number of aromatic nitrogens is 1. The molecule has 41 heavy (non-hydrogen) atoms. The molecule has 0 N–H and O–H groups in total. The van der Waals surface area contributed by atoms with Gasteiger partial charge in [-0.1, -0.05) is 86.6 Å². The zero-order valence-electron chi connectivity index (χ0n) is 24.4. The van der Waals surface area contributed by atoms with E-state index >= 15 is 0 Å². The number of aliphatic imine (C=N–C) groups is 1. The molecule has 1 heterocycles. The van der Waals surface area contributed by atoms with Gasteiger partial charge in [0.25, 0.3) is 0 Å². The van der Waals surface area contributed by atoms with Crippen molar-refractivity contribution >= 4 is 39.7 Å². The van der Waals surface area contributed by atoms with Crippen LogP contribution in [0.1, 0.15) is 43.0 Å². The molecule has 1 aliphatic rings. The zero-order chi connectivity index (χ0) is 28.3. The third kappa shape index (κ3) is 3.82. The second-order valence-corrected chi connectivity index (χ2v) is 11.7. The first kappa shape index (κ1) is 25.3. The fourth-order valence-corrected chi connectivity index (χ4v) is 6.88. The Kier molecular flexibility index (Phi) is 5.83. The van der Waals surface area contributed by atoms with Gasteiger partial charge in [0.05, 0.1) is 11.0 Å². The van der Waals surface area contributed by atoms with E-state index in [0.717, 1.165) is 0 Å². The molecule has 1 aliphatic carbocycles. The summed E-state index contributed by atoms with van der Waals surface area (Å²) in [5.74, 6) is 0. The molecule has 0 amide bonds. The summed E-state index contributed by atoms with van der Waals surface area (Å²) in [7, 11) is 1.81. The molecule has 2 heteroatoms. The van der Waals surface area contributed by atoms with Crippen molar-refractivity contribution in [3.8, 4) is 16.8 Å². The lowest BCUT2D eigenvalue weighted by Crippen LogP contribution is -2.26. The van der Waals surface area contributed by atoms with E-state index in [9.17, 15) is 0 Å². The molecule has 0 atom stereocenters. The Morgan fingerprint density at radius 1 is 0.732 bits per heavy atom. The minimum Gasteiger partial charge on any atom is -0.309 e. The Morgan fingerprint density at radius 2 is 1.49 bits per heavy atom. The van der Waals surface area contributed by atoms with E-state index in [1.54, 1.807) is 0 Å². The number of aryl methyl sites for hydroxylation is 1. The van der Waals surface area contributed by atoms with Gasteiger partial charge in [-0.3, -0.25) is 4.99 Å². The van der Waals surface area contributed by atoms with Gasteiger partial charge in [0.2, 0.25) is 0 Å². The second kappa shape index (κ2) is 9.45. The molecule has 0 aliphatic heterocycles. The van der Waals surface area contributed by atoms with Gasteiger partial charge >= 0.3 is 0 Å². The van der Waals surface area contributed by atoms with Crippen LogP contribution in [0, 0.1) is 6.92 Å². The number of nitrogens with zero attached hydrogens (tertiary/aromatic N) is 2. The molecule has 0 fully saturated rings. The largest absolute Gasteiger partial charge is 0.309 e.